The molecule has 0 rings (SSSR count). The lowest BCUT2D eigenvalue weighted by Gasteiger charge is -2.19. The minimum atomic E-state index is 0.769. The Morgan fingerprint density at radius 3 is 2.50 bits per heavy atom. The van der Waals surface area contributed by atoms with Crippen molar-refractivity contribution in [3.8, 4) is 0 Å². The fourth-order valence-electron chi connectivity index (χ4n) is 1.46. The number of likely N-dealkylation sites (N-methyl/N-ethyl adjacent to an activating group) is 1. The van der Waals surface area contributed by atoms with Gasteiger partial charge < -0.3 is 9.64 Å². The van der Waals surface area contributed by atoms with E-state index in [2.05, 4.69) is 25.3 Å². The average Bonchev–Trinajstić information content (AvgIpc) is 2.22. The highest BCUT2D eigenvalue weighted by molar-refractivity contribution is 4.57. The normalized spacial score (nSPS) is 10.5. The molecule has 0 spiro atoms. The van der Waals surface area contributed by atoms with Gasteiger partial charge in [-0.05, 0) is 19.5 Å². The lowest BCUT2D eigenvalue weighted by atomic mass is 10.2. The summed E-state index contributed by atoms with van der Waals surface area (Å²) in [5, 5.41) is 0. The highest BCUT2D eigenvalue weighted by Crippen LogP contribution is 2.01. The van der Waals surface area contributed by atoms with E-state index < -0.39 is 0 Å². The third-order valence-corrected chi connectivity index (χ3v) is 2.42. The van der Waals surface area contributed by atoms with Crippen molar-refractivity contribution in [2.24, 2.45) is 0 Å². The van der Waals surface area contributed by atoms with Gasteiger partial charge in [0.1, 0.15) is 0 Å². The van der Waals surface area contributed by atoms with Gasteiger partial charge in [-0.25, -0.2) is 0 Å². The maximum atomic E-state index is 5.12. The molecule has 0 aliphatic carbocycles. The second-order valence-electron chi connectivity index (χ2n) is 3.53. The second kappa shape index (κ2) is 10.6. The third-order valence-electron chi connectivity index (χ3n) is 2.42. The topological polar surface area (TPSA) is 12.5 Å². The molecule has 0 N–H and O–H groups in total. The maximum Gasteiger partial charge on any atom is 0.0999 e. The highest BCUT2D eigenvalue weighted by Gasteiger charge is 2.00. The van der Waals surface area contributed by atoms with Crippen LogP contribution in [-0.2, 0) is 4.74 Å². The molecule has 0 aliphatic heterocycles. The van der Waals surface area contributed by atoms with Crippen molar-refractivity contribution in [2.45, 2.75) is 39.5 Å². The molecule has 2 nitrogen and oxygen atoms in total. The monoisotopic (exact) mass is 199 g/mol. The Labute approximate surface area is 88.9 Å². The Morgan fingerprint density at radius 2 is 1.93 bits per heavy atom. The highest BCUT2D eigenvalue weighted by atomic mass is 16.5. The molecule has 0 aromatic heterocycles. The Hall–Kier alpha value is -0.500. The van der Waals surface area contributed by atoms with E-state index in [-0.39, 0.29) is 0 Å². The smallest absolute Gasteiger partial charge is 0.0999 e. The van der Waals surface area contributed by atoms with E-state index in [1.807, 2.05) is 0 Å². The molecule has 0 aromatic rings. The van der Waals surface area contributed by atoms with Crippen LogP contribution in [0.25, 0.3) is 0 Å². The van der Waals surface area contributed by atoms with E-state index in [4.69, 9.17) is 4.74 Å². The van der Waals surface area contributed by atoms with Gasteiger partial charge in [0.05, 0.1) is 12.9 Å². The molecule has 0 saturated heterocycles. The first-order valence-electron chi connectivity index (χ1n) is 5.80. The minimum absolute atomic E-state index is 0.769. The molecule has 0 radical (unpaired) electrons. The second-order valence-corrected chi connectivity index (χ2v) is 3.53. The van der Waals surface area contributed by atoms with Crippen molar-refractivity contribution in [1.29, 1.82) is 0 Å². The zero-order valence-corrected chi connectivity index (χ0v) is 9.80. The van der Waals surface area contributed by atoms with E-state index in [0.717, 1.165) is 19.7 Å². The summed E-state index contributed by atoms with van der Waals surface area (Å²) in [6, 6.07) is 0. The SMILES string of the molecule is C=COCCN(CC)CCCCCC. The largest absolute Gasteiger partial charge is 0.500 e. The zero-order valence-electron chi connectivity index (χ0n) is 9.80. The van der Waals surface area contributed by atoms with Crippen molar-refractivity contribution in [3.63, 3.8) is 0 Å². The van der Waals surface area contributed by atoms with Gasteiger partial charge in [-0.3, -0.25) is 0 Å². The molecule has 0 atom stereocenters. The summed E-state index contributed by atoms with van der Waals surface area (Å²) in [6.07, 6.45) is 6.86. The standard InChI is InChI=1S/C12H25NO/c1-4-7-8-9-10-13(5-2)11-12-14-6-3/h6H,3-5,7-12H2,1-2H3. The zero-order chi connectivity index (χ0) is 10.6. The first kappa shape index (κ1) is 13.5. The first-order valence-corrected chi connectivity index (χ1v) is 5.80. The first-order chi connectivity index (χ1) is 6.85. The van der Waals surface area contributed by atoms with Gasteiger partial charge in [0.25, 0.3) is 0 Å². The molecule has 2 heteroatoms. The van der Waals surface area contributed by atoms with E-state index in [1.54, 1.807) is 0 Å². The fraction of sp³-hybridized carbons (Fsp3) is 0.833. The third kappa shape index (κ3) is 8.11. The van der Waals surface area contributed by atoms with Gasteiger partial charge in [0.15, 0.2) is 0 Å². The molecule has 14 heavy (non-hydrogen) atoms. The summed E-state index contributed by atoms with van der Waals surface area (Å²) in [5.74, 6) is 0. The number of hydrogen-bond acceptors (Lipinski definition) is 2. The van der Waals surface area contributed by atoms with Gasteiger partial charge >= 0.3 is 0 Å². The van der Waals surface area contributed by atoms with Gasteiger partial charge in [0, 0.05) is 6.54 Å². The van der Waals surface area contributed by atoms with Crippen LogP contribution in [0.2, 0.25) is 0 Å². The molecule has 0 amide bonds. The molecule has 84 valence electrons. The van der Waals surface area contributed by atoms with Gasteiger partial charge in [-0.1, -0.05) is 39.7 Å². The number of ether oxygens (including phenoxy) is 1. The lowest BCUT2D eigenvalue weighted by Crippen LogP contribution is -2.28. The van der Waals surface area contributed by atoms with Crippen LogP contribution in [0.5, 0.6) is 0 Å². The molecular weight excluding hydrogens is 174 g/mol. The van der Waals surface area contributed by atoms with E-state index in [0.29, 0.717) is 0 Å². The van der Waals surface area contributed by atoms with Crippen LogP contribution >= 0.6 is 0 Å². The molecule has 0 bridgehead atoms. The van der Waals surface area contributed by atoms with Crippen LogP contribution in [0.3, 0.4) is 0 Å². The predicted molar refractivity (Wildman–Crippen MR) is 62.4 cm³/mol. The van der Waals surface area contributed by atoms with Crippen molar-refractivity contribution < 1.29 is 4.74 Å². The number of rotatable bonds is 10. The minimum Gasteiger partial charge on any atom is -0.500 e. The van der Waals surface area contributed by atoms with E-state index in [1.165, 1.54) is 38.5 Å². The summed E-state index contributed by atoms with van der Waals surface area (Å²) in [7, 11) is 0. The molecular formula is C12H25NO. The van der Waals surface area contributed by atoms with Crippen LogP contribution < -0.4 is 0 Å². The van der Waals surface area contributed by atoms with Crippen molar-refractivity contribution in [1.82, 2.24) is 4.90 Å². The molecule has 0 aliphatic rings. The van der Waals surface area contributed by atoms with E-state index in [9.17, 15) is 0 Å². The lowest BCUT2D eigenvalue weighted by molar-refractivity contribution is 0.180. The van der Waals surface area contributed by atoms with Crippen molar-refractivity contribution >= 4 is 0 Å². The Kier molecular flexibility index (Phi) is 10.2. The van der Waals surface area contributed by atoms with Crippen LogP contribution in [0.4, 0.5) is 0 Å². The summed E-state index contributed by atoms with van der Waals surface area (Å²) < 4.78 is 5.12. The Balaban J connectivity index is 3.33. The van der Waals surface area contributed by atoms with Crippen LogP contribution in [0, 0.1) is 0 Å². The molecule has 0 aromatic carbocycles. The van der Waals surface area contributed by atoms with E-state index >= 15 is 0 Å². The number of unbranched alkanes of at least 4 members (excludes halogenated alkanes) is 3. The number of hydrogen-bond donors (Lipinski definition) is 0. The van der Waals surface area contributed by atoms with Crippen LogP contribution in [-0.4, -0.2) is 31.1 Å². The molecule has 0 unspecified atom stereocenters. The summed E-state index contributed by atoms with van der Waals surface area (Å²) >= 11 is 0. The molecule has 0 fully saturated rings. The van der Waals surface area contributed by atoms with Gasteiger partial charge in [-0.2, -0.15) is 0 Å². The van der Waals surface area contributed by atoms with Crippen molar-refractivity contribution in [3.05, 3.63) is 12.8 Å². The van der Waals surface area contributed by atoms with Crippen LogP contribution in [0.1, 0.15) is 39.5 Å². The molecule has 0 saturated carbocycles. The quantitative estimate of drug-likeness (QED) is 0.396. The Bertz CT molecular complexity index is 125. The van der Waals surface area contributed by atoms with Gasteiger partial charge in [-0.15, -0.1) is 0 Å². The molecule has 0 heterocycles. The summed E-state index contributed by atoms with van der Waals surface area (Å²) in [5.41, 5.74) is 0. The predicted octanol–water partition coefficient (Wildman–Crippen LogP) is 3.05. The maximum absolute atomic E-state index is 5.12. The van der Waals surface area contributed by atoms with Crippen LogP contribution in [0.15, 0.2) is 12.8 Å². The van der Waals surface area contributed by atoms with Gasteiger partial charge in [0.2, 0.25) is 0 Å². The fourth-order valence-corrected chi connectivity index (χ4v) is 1.46. The van der Waals surface area contributed by atoms with Crippen molar-refractivity contribution in [2.75, 3.05) is 26.2 Å². The Morgan fingerprint density at radius 1 is 1.14 bits per heavy atom. The average molecular weight is 199 g/mol. The summed E-state index contributed by atoms with van der Waals surface area (Å²) in [4.78, 5) is 2.43. The summed E-state index contributed by atoms with van der Waals surface area (Å²) in [6.45, 7) is 12.1. The number of nitrogens with zero attached hydrogens (tertiary/aromatic N) is 1.